The summed E-state index contributed by atoms with van der Waals surface area (Å²) < 4.78 is 40.2. The van der Waals surface area contributed by atoms with Crippen LogP contribution in [0.15, 0.2) is 0 Å². The van der Waals surface area contributed by atoms with Crippen LogP contribution < -0.4 is 0 Å². The molecule has 0 aromatic carbocycles. The first-order chi connectivity index (χ1) is 9.80. The van der Waals surface area contributed by atoms with Crippen LogP contribution in [0.1, 0.15) is 38.5 Å². The maximum Gasteiger partial charge on any atom is 0.411 e. The monoisotopic (exact) mass is 309 g/mol. The van der Waals surface area contributed by atoms with Crippen molar-refractivity contribution in [2.75, 3.05) is 26.3 Å². The van der Waals surface area contributed by atoms with E-state index in [9.17, 15) is 23.1 Å². The van der Waals surface area contributed by atoms with Gasteiger partial charge in [-0.3, -0.25) is 4.79 Å². The van der Waals surface area contributed by atoms with Gasteiger partial charge in [-0.25, -0.2) is 0 Å². The molecule has 0 radical (unpaired) electrons. The number of hydrogen-bond acceptors (Lipinski definition) is 3. The van der Waals surface area contributed by atoms with Crippen LogP contribution in [0.25, 0.3) is 0 Å². The molecule has 0 spiro atoms. The van der Waals surface area contributed by atoms with Crippen LogP contribution in [-0.2, 0) is 9.53 Å². The second-order valence-electron chi connectivity index (χ2n) is 6.05. The van der Waals surface area contributed by atoms with Crippen molar-refractivity contribution in [1.82, 2.24) is 4.90 Å². The van der Waals surface area contributed by atoms with E-state index < -0.39 is 18.4 Å². The molecule has 21 heavy (non-hydrogen) atoms. The van der Waals surface area contributed by atoms with Crippen molar-refractivity contribution >= 4 is 5.91 Å². The maximum atomic E-state index is 12.0. The molecule has 1 N–H and O–H groups in total. The lowest BCUT2D eigenvalue weighted by atomic mass is 9.71. The van der Waals surface area contributed by atoms with Gasteiger partial charge in [-0.15, -0.1) is 0 Å². The van der Waals surface area contributed by atoms with E-state index in [1.807, 2.05) is 0 Å². The Morgan fingerprint density at radius 3 is 2.81 bits per heavy atom. The molecule has 1 heterocycles. The lowest BCUT2D eigenvalue weighted by Crippen LogP contribution is -2.54. The number of halogens is 3. The molecular formula is C14H22F3NO3. The number of fused-ring (bicyclic) bond motifs is 1. The van der Waals surface area contributed by atoms with Crippen molar-refractivity contribution < 1.29 is 27.8 Å². The van der Waals surface area contributed by atoms with Crippen LogP contribution in [0.3, 0.4) is 0 Å². The SMILES string of the molecule is O=C(CCOCC(F)(F)F)N1CCC2(O)CCCCC2C1. The molecule has 7 heteroatoms. The van der Waals surface area contributed by atoms with Crippen molar-refractivity contribution in [2.45, 2.75) is 50.3 Å². The first-order valence-electron chi connectivity index (χ1n) is 7.45. The zero-order chi connectivity index (χ0) is 15.5. The van der Waals surface area contributed by atoms with E-state index >= 15 is 0 Å². The molecule has 2 fully saturated rings. The molecule has 122 valence electrons. The van der Waals surface area contributed by atoms with Crippen LogP contribution in [0.2, 0.25) is 0 Å². The molecule has 1 aliphatic heterocycles. The molecule has 1 aliphatic carbocycles. The van der Waals surface area contributed by atoms with Gasteiger partial charge in [0, 0.05) is 19.0 Å². The van der Waals surface area contributed by atoms with Crippen LogP contribution in [0, 0.1) is 5.92 Å². The van der Waals surface area contributed by atoms with Crippen molar-refractivity contribution in [1.29, 1.82) is 0 Å². The van der Waals surface area contributed by atoms with Crippen molar-refractivity contribution in [3.05, 3.63) is 0 Å². The summed E-state index contributed by atoms with van der Waals surface area (Å²) in [7, 11) is 0. The number of rotatable bonds is 4. The highest BCUT2D eigenvalue weighted by Gasteiger charge is 2.43. The number of ether oxygens (including phenoxy) is 1. The minimum absolute atomic E-state index is 0.0404. The van der Waals surface area contributed by atoms with Crippen LogP contribution in [0.5, 0.6) is 0 Å². The zero-order valence-corrected chi connectivity index (χ0v) is 12.0. The number of aliphatic hydroxyl groups is 1. The molecule has 2 rings (SSSR count). The van der Waals surface area contributed by atoms with E-state index in [0.29, 0.717) is 19.5 Å². The molecule has 2 unspecified atom stereocenters. The fraction of sp³-hybridized carbons (Fsp3) is 0.929. The minimum Gasteiger partial charge on any atom is -0.389 e. The summed E-state index contributed by atoms with van der Waals surface area (Å²) in [4.78, 5) is 13.6. The maximum absolute atomic E-state index is 12.0. The lowest BCUT2D eigenvalue weighted by molar-refractivity contribution is -0.176. The third kappa shape index (κ3) is 4.57. The van der Waals surface area contributed by atoms with Crippen molar-refractivity contribution in [2.24, 2.45) is 5.92 Å². The normalized spacial score (nSPS) is 30.1. The van der Waals surface area contributed by atoms with Gasteiger partial charge in [0.15, 0.2) is 0 Å². The van der Waals surface area contributed by atoms with E-state index in [1.165, 1.54) is 0 Å². The van der Waals surface area contributed by atoms with Gasteiger partial charge in [-0.1, -0.05) is 12.8 Å². The first kappa shape index (κ1) is 16.5. The number of likely N-dealkylation sites (tertiary alicyclic amines) is 1. The molecule has 2 aliphatic rings. The Morgan fingerprint density at radius 1 is 1.33 bits per heavy atom. The van der Waals surface area contributed by atoms with Crippen LogP contribution in [0.4, 0.5) is 13.2 Å². The topological polar surface area (TPSA) is 49.8 Å². The fourth-order valence-electron chi connectivity index (χ4n) is 3.30. The Kier molecular flexibility index (Phi) is 5.14. The second-order valence-corrected chi connectivity index (χ2v) is 6.05. The molecular weight excluding hydrogens is 287 g/mol. The Bertz CT molecular complexity index is 375. The van der Waals surface area contributed by atoms with Gasteiger partial charge >= 0.3 is 6.18 Å². The fourth-order valence-corrected chi connectivity index (χ4v) is 3.30. The highest BCUT2D eigenvalue weighted by atomic mass is 19.4. The van der Waals surface area contributed by atoms with E-state index in [1.54, 1.807) is 4.90 Å². The van der Waals surface area contributed by atoms with E-state index in [2.05, 4.69) is 4.74 Å². The van der Waals surface area contributed by atoms with E-state index in [0.717, 1.165) is 25.7 Å². The average molecular weight is 309 g/mol. The predicted molar refractivity (Wildman–Crippen MR) is 69.6 cm³/mol. The largest absolute Gasteiger partial charge is 0.411 e. The summed E-state index contributed by atoms with van der Waals surface area (Å²) in [5, 5.41) is 10.5. The van der Waals surface area contributed by atoms with E-state index in [-0.39, 0.29) is 24.9 Å². The van der Waals surface area contributed by atoms with Crippen molar-refractivity contribution in [3.63, 3.8) is 0 Å². The van der Waals surface area contributed by atoms with Gasteiger partial charge in [0.2, 0.25) is 5.91 Å². The summed E-state index contributed by atoms with van der Waals surface area (Å²) in [6.07, 6.45) is -0.0595. The molecule has 0 aromatic rings. The summed E-state index contributed by atoms with van der Waals surface area (Å²) in [6, 6.07) is 0. The van der Waals surface area contributed by atoms with Crippen molar-refractivity contribution in [3.8, 4) is 0 Å². The Hall–Kier alpha value is -0.820. The van der Waals surface area contributed by atoms with Gasteiger partial charge in [0.1, 0.15) is 6.61 Å². The van der Waals surface area contributed by atoms with Gasteiger partial charge in [0.05, 0.1) is 18.6 Å². The van der Waals surface area contributed by atoms with Crippen LogP contribution >= 0.6 is 0 Å². The molecule has 2 atom stereocenters. The number of alkyl halides is 3. The molecule has 4 nitrogen and oxygen atoms in total. The van der Waals surface area contributed by atoms with Crippen LogP contribution in [-0.4, -0.2) is 54.0 Å². The molecule has 1 saturated carbocycles. The third-order valence-corrected chi connectivity index (χ3v) is 4.51. The second kappa shape index (κ2) is 6.52. The Labute approximate surface area is 122 Å². The minimum atomic E-state index is -4.35. The molecule has 1 saturated heterocycles. The standard InChI is InChI=1S/C14H22F3NO3/c15-14(16,17)10-21-8-4-12(19)18-7-6-13(20)5-2-1-3-11(13)9-18/h11,20H,1-10H2. The summed E-state index contributed by atoms with van der Waals surface area (Å²) in [6.45, 7) is -0.549. The number of amides is 1. The molecule has 0 aromatic heterocycles. The lowest BCUT2D eigenvalue weighted by Gasteiger charge is -2.47. The Morgan fingerprint density at radius 2 is 2.10 bits per heavy atom. The third-order valence-electron chi connectivity index (χ3n) is 4.51. The quantitative estimate of drug-likeness (QED) is 0.809. The number of nitrogens with zero attached hydrogens (tertiary/aromatic N) is 1. The highest BCUT2D eigenvalue weighted by Crippen LogP contribution is 2.39. The van der Waals surface area contributed by atoms with Gasteiger partial charge < -0.3 is 14.7 Å². The number of carbonyl (C=O) groups is 1. The number of carbonyl (C=O) groups excluding carboxylic acids is 1. The number of piperidine rings is 1. The average Bonchev–Trinajstić information content (AvgIpc) is 2.41. The summed E-state index contributed by atoms with van der Waals surface area (Å²) in [5.41, 5.74) is -0.651. The first-order valence-corrected chi connectivity index (χ1v) is 7.45. The Balaban J connectivity index is 1.74. The highest BCUT2D eigenvalue weighted by molar-refractivity contribution is 5.76. The number of hydrogen-bond donors (Lipinski definition) is 1. The van der Waals surface area contributed by atoms with Gasteiger partial charge in [0.25, 0.3) is 0 Å². The summed E-state index contributed by atoms with van der Waals surface area (Å²) >= 11 is 0. The smallest absolute Gasteiger partial charge is 0.389 e. The zero-order valence-electron chi connectivity index (χ0n) is 12.0. The predicted octanol–water partition coefficient (Wildman–Crippen LogP) is 2.11. The molecule has 0 bridgehead atoms. The summed E-state index contributed by atoms with van der Waals surface area (Å²) in [5.74, 6) is -0.0927. The van der Waals surface area contributed by atoms with E-state index in [4.69, 9.17) is 0 Å². The van der Waals surface area contributed by atoms with Gasteiger partial charge in [-0.2, -0.15) is 13.2 Å². The van der Waals surface area contributed by atoms with Gasteiger partial charge in [-0.05, 0) is 19.3 Å². The molecule has 1 amide bonds.